The SMILES string of the molecule is C=C(C)C1CCC(C)(O)[C@@H]([N+](C)(C)C)C1. The average molecular weight is 212 g/mol. The van der Waals surface area contributed by atoms with Gasteiger partial charge in [-0.25, -0.2) is 0 Å². The molecular formula is C13H26NO+. The molecule has 15 heavy (non-hydrogen) atoms. The maximum atomic E-state index is 10.4. The Hall–Kier alpha value is -0.340. The number of rotatable bonds is 2. The van der Waals surface area contributed by atoms with Crippen molar-refractivity contribution >= 4 is 0 Å². The number of nitrogens with zero attached hydrogens (tertiary/aromatic N) is 1. The molecule has 0 aromatic carbocycles. The topological polar surface area (TPSA) is 20.2 Å². The van der Waals surface area contributed by atoms with Crippen LogP contribution < -0.4 is 0 Å². The summed E-state index contributed by atoms with van der Waals surface area (Å²) >= 11 is 0. The standard InChI is InChI=1S/C13H26NO/c1-10(2)11-7-8-13(3,15)12(9-11)14(4,5)6/h11-12,15H,1,7-9H2,2-6H3/q+1/t11?,12-,13?/m0/s1. The minimum absolute atomic E-state index is 0.313. The summed E-state index contributed by atoms with van der Waals surface area (Å²) in [6, 6.07) is 0.313. The van der Waals surface area contributed by atoms with Crippen LogP contribution in [-0.2, 0) is 0 Å². The smallest absolute Gasteiger partial charge is 0.118 e. The van der Waals surface area contributed by atoms with Crippen molar-refractivity contribution in [3.05, 3.63) is 12.2 Å². The van der Waals surface area contributed by atoms with Crippen molar-refractivity contribution in [3.63, 3.8) is 0 Å². The van der Waals surface area contributed by atoms with Crippen LogP contribution in [0.1, 0.15) is 33.1 Å². The predicted octanol–water partition coefficient (Wildman–Crippen LogP) is 2.19. The van der Waals surface area contributed by atoms with Crippen LogP contribution in [0.3, 0.4) is 0 Å². The fourth-order valence-electron chi connectivity index (χ4n) is 2.87. The zero-order valence-electron chi connectivity index (χ0n) is 10.9. The molecule has 0 aromatic heterocycles. The Labute approximate surface area is 94.2 Å². The molecule has 3 atom stereocenters. The lowest BCUT2D eigenvalue weighted by atomic mass is 9.73. The van der Waals surface area contributed by atoms with Gasteiger partial charge in [-0.15, -0.1) is 0 Å². The molecule has 1 fully saturated rings. The second kappa shape index (κ2) is 3.91. The van der Waals surface area contributed by atoms with Gasteiger partial charge in [-0.3, -0.25) is 0 Å². The van der Waals surface area contributed by atoms with Crippen molar-refractivity contribution < 1.29 is 9.59 Å². The van der Waals surface area contributed by atoms with Crippen LogP contribution in [0.4, 0.5) is 0 Å². The molecule has 1 aliphatic carbocycles. The van der Waals surface area contributed by atoms with Crippen molar-refractivity contribution in [1.82, 2.24) is 0 Å². The Kier molecular flexibility index (Phi) is 3.32. The molecule has 2 unspecified atom stereocenters. The Morgan fingerprint density at radius 3 is 2.33 bits per heavy atom. The van der Waals surface area contributed by atoms with Crippen LogP contribution in [0.15, 0.2) is 12.2 Å². The van der Waals surface area contributed by atoms with Gasteiger partial charge in [-0.2, -0.15) is 0 Å². The summed E-state index contributed by atoms with van der Waals surface area (Å²) in [5.41, 5.74) is 0.744. The van der Waals surface area contributed by atoms with E-state index in [2.05, 4.69) is 34.6 Å². The summed E-state index contributed by atoms with van der Waals surface area (Å²) in [4.78, 5) is 0. The normalized spacial score (nSPS) is 37.7. The molecule has 0 radical (unpaired) electrons. The predicted molar refractivity (Wildman–Crippen MR) is 64.6 cm³/mol. The average Bonchev–Trinajstić information content (AvgIpc) is 2.00. The summed E-state index contributed by atoms with van der Waals surface area (Å²) in [7, 11) is 6.50. The lowest BCUT2D eigenvalue weighted by Crippen LogP contribution is -2.60. The van der Waals surface area contributed by atoms with E-state index < -0.39 is 5.60 Å². The number of aliphatic hydroxyl groups is 1. The lowest BCUT2D eigenvalue weighted by Gasteiger charge is -2.47. The molecule has 88 valence electrons. The highest BCUT2D eigenvalue weighted by Crippen LogP contribution is 2.38. The van der Waals surface area contributed by atoms with E-state index in [9.17, 15) is 5.11 Å². The Morgan fingerprint density at radius 2 is 1.93 bits per heavy atom. The van der Waals surface area contributed by atoms with Crippen LogP contribution in [0.2, 0.25) is 0 Å². The third-order valence-electron chi connectivity index (χ3n) is 3.86. The van der Waals surface area contributed by atoms with Gasteiger partial charge < -0.3 is 9.59 Å². The minimum atomic E-state index is -0.524. The van der Waals surface area contributed by atoms with Crippen molar-refractivity contribution in [2.24, 2.45) is 5.92 Å². The maximum Gasteiger partial charge on any atom is 0.118 e. The van der Waals surface area contributed by atoms with Crippen LogP contribution in [0.5, 0.6) is 0 Å². The molecule has 0 spiro atoms. The molecule has 0 aliphatic heterocycles. The molecular weight excluding hydrogens is 186 g/mol. The van der Waals surface area contributed by atoms with E-state index in [1.807, 2.05) is 6.92 Å². The first kappa shape index (κ1) is 12.7. The van der Waals surface area contributed by atoms with E-state index >= 15 is 0 Å². The van der Waals surface area contributed by atoms with Gasteiger partial charge in [0.15, 0.2) is 0 Å². The zero-order valence-corrected chi connectivity index (χ0v) is 10.9. The summed E-state index contributed by atoms with van der Waals surface area (Å²) in [6.07, 6.45) is 3.04. The number of quaternary nitrogens is 1. The summed E-state index contributed by atoms with van der Waals surface area (Å²) in [6.45, 7) is 8.14. The first-order valence-electron chi connectivity index (χ1n) is 5.83. The summed E-state index contributed by atoms with van der Waals surface area (Å²) < 4.78 is 0.830. The Bertz CT molecular complexity index is 250. The fraction of sp³-hybridized carbons (Fsp3) is 0.846. The number of likely N-dealkylation sites (N-methyl/N-ethyl adjacent to an activating group) is 1. The van der Waals surface area contributed by atoms with Crippen molar-refractivity contribution in [2.75, 3.05) is 21.1 Å². The van der Waals surface area contributed by atoms with E-state index in [0.717, 1.165) is 23.7 Å². The monoisotopic (exact) mass is 212 g/mol. The van der Waals surface area contributed by atoms with Gasteiger partial charge in [0.05, 0.1) is 21.1 Å². The van der Waals surface area contributed by atoms with Crippen LogP contribution in [0, 0.1) is 5.92 Å². The molecule has 2 nitrogen and oxygen atoms in total. The first-order chi connectivity index (χ1) is 6.64. The van der Waals surface area contributed by atoms with E-state index in [1.165, 1.54) is 5.57 Å². The molecule has 0 bridgehead atoms. The minimum Gasteiger partial charge on any atom is -0.384 e. The Morgan fingerprint density at radius 1 is 1.40 bits per heavy atom. The van der Waals surface area contributed by atoms with Gasteiger partial charge in [0.1, 0.15) is 11.6 Å². The summed E-state index contributed by atoms with van der Waals surface area (Å²) in [5.74, 6) is 0.590. The van der Waals surface area contributed by atoms with E-state index in [1.54, 1.807) is 0 Å². The van der Waals surface area contributed by atoms with E-state index in [4.69, 9.17) is 0 Å². The Balaban J connectivity index is 2.84. The molecule has 0 heterocycles. The largest absolute Gasteiger partial charge is 0.384 e. The molecule has 0 aromatic rings. The molecule has 2 heteroatoms. The molecule has 0 amide bonds. The van der Waals surface area contributed by atoms with Crippen molar-refractivity contribution in [2.45, 2.75) is 44.8 Å². The molecule has 1 rings (SSSR count). The van der Waals surface area contributed by atoms with Gasteiger partial charge >= 0.3 is 0 Å². The van der Waals surface area contributed by atoms with Gasteiger partial charge in [-0.1, -0.05) is 12.2 Å². The first-order valence-corrected chi connectivity index (χ1v) is 5.83. The highest BCUT2D eigenvalue weighted by molar-refractivity contribution is 5.03. The molecule has 1 saturated carbocycles. The van der Waals surface area contributed by atoms with Gasteiger partial charge in [0.2, 0.25) is 0 Å². The molecule has 1 N–H and O–H groups in total. The number of hydrogen-bond donors (Lipinski definition) is 1. The second-order valence-electron chi connectivity index (χ2n) is 6.31. The highest BCUT2D eigenvalue weighted by Gasteiger charge is 2.45. The highest BCUT2D eigenvalue weighted by atomic mass is 16.3. The van der Waals surface area contributed by atoms with Gasteiger partial charge in [0.25, 0.3) is 0 Å². The van der Waals surface area contributed by atoms with Crippen LogP contribution >= 0.6 is 0 Å². The van der Waals surface area contributed by atoms with E-state index in [0.29, 0.717) is 12.0 Å². The van der Waals surface area contributed by atoms with Crippen molar-refractivity contribution in [3.8, 4) is 0 Å². The quantitative estimate of drug-likeness (QED) is 0.549. The number of hydrogen-bond acceptors (Lipinski definition) is 1. The number of allylic oxidation sites excluding steroid dienone is 1. The second-order valence-corrected chi connectivity index (χ2v) is 6.31. The zero-order chi connectivity index (χ0) is 11.9. The summed E-state index contributed by atoms with van der Waals surface area (Å²) in [5, 5.41) is 10.4. The fourth-order valence-corrected chi connectivity index (χ4v) is 2.87. The van der Waals surface area contributed by atoms with Crippen molar-refractivity contribution in [1.29, 1.82) is 0 Å². The lowest BCUT2D eigenvalue weighted by molar-refractivity contribution is -0.905. The van der Waals surface area contributed by atoms with Gasteiger partial charge in [-0.05, 0) is 32.6 Å². The molecule has 1 aliphatic rings. The van der Waals surface area contributed by atoms with Crippen LogP contribution in [0.25, 0.3) is 0 Å². The van der Waals surface area contributed by atoms with Crippen LogP contribution in [-0.4, -0.2) is 42.4 Å². The third kappa shape index (κ3) is 2.82. The maximum absolute atomic E-state index is 10.4. The van der Waals surface area contributed by atoms with E-state index in [-0.39, 0.29) is 0 Å². The van der Waals surface area contributed by atoms with Gasteiger partial charge in [0, 0.05) is 6.42 Å². The third-order valence-corrected chi connectivity index (χ3v) is 3.86. The molecule has 0 saturated heterocycles.